The van der Waals surface area contributed by atoms with E-state index in [1.165, 1.54) is 0 Å². The number of hydrogen-bond donors (Lipinski definition) is 2. The zero-order valence-corrected chi connectivity index (χ0v) is 12.2. The minimum atomic E-state index is -0.267. The fourth-order valence-corrected chi connectivity index (χ4v) is 2.25. The van der Waals surface area contributed by atoms with Crippen molar-refractivity contribution in [3.8, 4) is 11.4 Å². The first-order valence-corrected chi connectivity index (χ1v) is 7.36. The van der Waals surface area contributed by atoms with E-state index >= 15 is 0 Å². The molecule has 23 heavy (non-hydrogen) atoms. The van der Waals surface area contributed by atoms with E-state index in [9.17, 15) is 4.79 Å². The minimum Gasteiger partial charge on any atom is -0.342 e. The van der Waals surface area contributed by atoms with Crippen LogP contribution in [0.2, 0.25) is 0 Å². The van der Waals surface area contributed by atoms with Crippen molar-refractivity contribution in [3.05, 3.63) is 47.9 Å². The van der Waals surface area contributed by atoms with E-state index in [2.05, 4.69) is 30.6 Å². The van der Waals surface area contributed by atoms with Gasteiger partial charge in [0.05, 0.1) is 6.54 Å². The maximum Gasteiger partial charge on any atom is 0.272 e. The molecule has 0 bridgehead atoms. The van der Waals surface area contributed by atoms with Crippen LogP contribution in [-0.2, 0) is 6.54 Å². The Morgan fingerprint density at radius 1 is 1.35 bits per heavy atom. The number of amides is 1. The van der Waals surface area contributed by atoms with Crippen LogP contribution in [0.4, 0.5) is 0 Å². The van der Waals surface area contributed by atoms with Crippen LogP contribution in [-0.4, -0.2) is 31.2 Å². The van der Waals surface area contributed by atoms with E-state index in [-0.39, 0.29) is 12.5 Å². The molecule has 0 unspecified atom stereocenters. The van der Waals surface area contributed by atoms with Crippen molar-refractivity contribution >= 4 is 5.91 Å². The number of nitrogens with one attached hydrogen (secondary N) is 2. The van der Waals surface area contributed by atoms with Crippen molar-refractivity contribution in [2.45, 2.75) is 25.3 Å². The first kappa shape index (κ1) is 13.6. The second-order valence-electron chi connectivity index (χ2n) is 5.41. The van der Waals surface area contributed by atoms with Crippen molar-refractivity contribution in [2.24, 2.45) is 0 Å². The summed E-state index contributed by atoms with van der Waals surface area (Å²) in [6.45, 7) is 0.155. The molecule has 0 aliphatic heterocycles. The summed E-state index contributed by atoms with van der Waals surface area (Å²) in [5, 5.41) is 13.5. The van der Waals surface area contributed by atoms with E-state index < -0.39 is 0 Å². The third-order valence-electron chi connectivity index (χ3n) is 3.65. The molecular weight excluding hydrogens is 296 g/mol. The van der Waals surface area contributed by atoms with Gasteiger partial charge in [0.1, 0.15) is 5.69 Å². The SMILES string of the molecule is O=C(NCc1nc(-c2ccncc2)no1)c1cc(C2CC2)[nH]n1. The Hall–Kier alpha value is -3.03. The largest absolute Gasteiger partial charge is 0.342 e. The number of carbonyl (C=O) groups is 1. The molecule has 0 atom stereocenters. The number of rotatable bonds is 5. The van der Waals surface area contributed by atoms with Gasteiger partial charge in [-0.05, 0) is 31.0 Å². The molecule has 1 amide bonds. The van der Waals surface area contributed by atoms with Crippen molar-refractivity contribution in [1.29, 1.82) is 0 Å². The van der Waals surface area contributed by atoms with Crippen LogP contribution in [0.25, 0.3) is 11.4 Å². The summed E-state index contributed by atoms with van der Waals surface area (Å²) < 4.78 is 5.13. The zero-order chi connectivity index (χ0) is 15.6. The molecule has 1 aliphatic carbocycles. The smallest absolute Gasteiger partial charge is 0.272 e. The van der Waals surface area contributed by atoms with Gasteiger partial charge in [0.2, 0.25) is 11.7 Å². The molecule has 3 aromatic rings. The number of pyridine rings is 1. The molecule has 0 radical (unpaired) electrons. The predicted octanol–water partition coefficient (Wildman–Crippen LogP) is 1.66. The first-order valence-electron chi connectivity index (χ1n) is 7.36. The topological polar surface area (TPSA) is 110 Å². The highest BCUT2D eigenvalue weighted by Gasteiger charge is 2.26. The van der Waals surface area contributed by atoms with Crippen LogP contribution in [0, 0.1) is 0 Å². The molecular formula is C15H14N6O2. The molecule has 4 rings (SSSR count). The van der Waals surface area contributed by atoms with Crippen LogP contribution in [0.3, 0.4) is 0 Å². The molecule has 116 valence electrons. The fraction of sp³-hybridized carbons (Fsp3) is 0.267. The maximum atomic E-state index is 12.1. The number of carbonyl (C=O) groups excluding carboxylic acids is 1. The van der Waals surface area contributed by atoms with Gasteiger partial charge < -0.3 is 9.84 Å². The average molecular weight is 310 g/mol. The van der Waals surface area contributed by atoms with Crippen LogP contribution < -0.4 is 5.32 Å². The number of nitrogens with zero attached hydrogens (tertiary/aromatic N) is 4. The van der Waals surface area contributed by atoms with Gasteiger partial charge in [-0.25, -0.2) is 0 Å². The highest BCUT2D eigenvalue weighted by molar-refractivity contribution is 5.92. The van der Waals surface area contributed by atoms with E-state index in [4.69, 9.17) is 4.52 Å². The Morgan fingerprint density at radius 2 is 2.17 bits per heavy atom. The Balaban J connectivity index is 1.38. The molecule has 1 fully saturated rings. The third-order valence-corrected chi connectivity index (χ3v) is 3.65. The van der Waals surface area contributed by atoms with Gasteiger partial charge in [0, 0.05) is 29.6 Å². The summed E-state index contributed by atoms with van der Waals surface area (Å²) in [6.07, 6.45) is 5.62. The van der Waals surface area contributed by atoms with Crippen LogP contribution in [0.15, 0.2) is 35.1 Å². The zero-order valence-electron chi connectivity index (χ0n) is 12.2. The number of aromatic nitrogens is 5. The fourth-order valence-electron chi connectivity index (χ4n) is 2.25. The molecule has 8 nitrogen and oxygen atoms in total. The van der Waals surface area contributed by atoms with Crippen LogP contribution >= 0.6 is 0 Å². The van der Waals surface area contributed by atoms with Crippen molar-refractivity contribution in [3.63, 3.8) is 0 Å². The molecule has 1 saturated carbocycles. The van der Waals surface area contributed by atoms with E-state index in [1.54, 1.807) is 30.6 Å². The summed E-state index contributed by atoms with van der Waals surface area (Å²) in [5.74, 6) is 1.07. The lowest BCUT2D eigenvalue weighted by Gasteiger charge is -1.97. The second kappa shape index (κ2) is 5.64. The van der Waals surface area contributed by atoms with Gasteiger partial charge in [-0.2, -0.15) is 10.1 Å². The summed E-state index contributed by atoms with van der Waals surface area (Å²) in [7, 11) is 0. The first-order chi connectivity index (χ1) is 11.3. The van der Waals surface area contributed by atoms with Gasteiger partial charge >= 0.3 is 0 Å². The maximum absolute atomic E-state index is 12.1. The monoisotopic (exact) mass is 310 g/mol. The van der Waals surface area contributed by atoms with Crippen LogP contribution in [0.5, 0.6) is 0 Å². The quantitative estimate of drug-likeness (QED) is 0.741. The van der Waals surface area contributed by atoms with Crippen molar-refractivity contribution in [1.82, 2.24) is 30.6 Å². The summed E-state index contributed by atoms with van der Waals surface area (Å²) in [6, 6.07) is 5.37. The van der Waals surface area contributed by atoms with Gasteiger partial charge in [0.15, 0.2) is 0 Å². The molecule has 8 heteroatoms. The highest BCUT2D eigenvalue weighted by atomic mass is 16.5. The third kappa shape index (κ3) is 2.96. The number of H-pyrrole nitrogens is 1. The molecule has 1 aliphatic rings. The normalized spacial score (nSPS) is 13.9. The molecule has 2 N–H and O–H groups in total. The average Bonchev–Trinajstić information content (AvgIpc) is 3.14. The molecule has 3 aromatic heterocycles. The van der Waals surface area contributed by atoms with Gasteiger partial charge in [0.25, 0.3) is 5.91 Å². The highest BCUT2D eigenvalue weighted by Crippen LogP contribution is 2.38. The Bertz CT molecular complexity index is 821. The van der Waals surface area contributed by atoms with E-state index in [1.807, 2.05) is 0 Å². The predicted molar refractivity (Wildman–Crippen MR) is 79.3 cm³/mol. The summed E-state index contributed by atoms with van der Waals surface area (Å²) in [4.78, 5) is 20.2. The van der Waals surface area contributed by atoms with Crippen LogP contribution in [0.1, 0.15) is 40.8 Å². The molecule has 0 aromatic carbocycles. The Labute approximate surface area is 131 Å². The lowest BCUT2D eigenvalue weighted by Crippen LogP contribution is -2.23. The Morgan fingerprint density at radius 3 is 2.96 bits per heavy atom. The minimum absolute atomic E-state index is 0.155. The number of aromatic amines is 1. The second-order valence-corrected chi connectivity index (χ2v) is 5.41. The molecule has 3 heterocycles. The standard InChI is InChI=1S/C15H14N6O2/c22-15(12-7-11(19-20-12)9-1-2-9)17-8-13-18-14(21-23-13)10-3-5-16-6-4-10/h3-7,9H,1-2,8H2,(H,17,22)(H,19,20). The van der Waals surface area contributed by atoms with Crippen molar-refractivity contribution in [2.75, 3.05) is 0 Å². The molecule has 0 saturated heterocycles. The van der Waals surface area contributed by atoms with E-state index in [0.29, 0.717) is 23.3 Å². The number of hydrogen-bond acceptors (Lipinski definition) is 6. The molecule has 0 spiro atoms. The lowest BCUT2D eigenvalue weighted by molar-refractivity contribution is 0.0941. The van der Waals surface area contributed by atoms with Gasteiger partial charge in [-0.1, -0.05) is 5.16 Å². The van der Waals surface area contributed by atoms with Gasteiger partial charge in [-0.3, -0.25) is 14.9 Å². The summed E-state index contributed by atoms with van der Waals surface area (Å²) in [5.41, 5.74) is 2.20. The lowest BCUT2D eigenvalue weighted by atomic mass is 10.2. The Kier molecular flexibility index (Phi) is 3.34. The summed E-state index contributed by atoms with van der Waals surface area (Å²) >= 11 is 0. The van der Waals surface area contributed by atoms with Crippen molar-refractivity contribution < 1.29 is 9.32 Å². The van der Waals surface area contributed by atoms with E-state index in [0.717, 1.165) is 24.1 Å². The van der Waals surface area contributed by atoms with Gasteiger partial charge in [-0.15, -0.1) is 0 Å².